The quantitative estimate of drug-likeness (QED) is 0.697. The van der Waals surface area contributed by atoms with E-state index < -0.39 is 5.41 Å². The molecule has 0 saturated carbocycles. The van der Waals surface area contributed by atoms with Gasteiger partial charge in [0.15, 0.2) is 0 Å². The molecule has 0 aliphatic carbocycles. The number of hydrogen-bond acceptors (Lipinski definition) is 4. The monoisotopic (exact) mass is 287 g/mol. The van der Waals surface area contributed by atoms with E-state index in [2.05, 4.69) is 24.1 Å². The number of hydrogen-bond donors (Lipinski definition) is 2. The van der Waals surface area contributed by atoms with Crippen molar-refractivity contribution >= 4 is 23.1 Å². The van der Waals surface area contributed by atoms with Crippen molar-refractivity contribution in [2.45, 2.75) is 32.7 Å². The highest BCUT2D eigenvalue weighted by atomic mass is 32.1. The van der Waals surface area contributed by atoms with E-state index in [0.29, 0.717) is 38.6 Å². The minimum Gasteiger partial charge on any atom is -0.392 e. The molecule has 0 aromatic heterocycles. The predicted molar refractivity (Wildman–Crippen MR) is 80.0 cm³/mol. The summed E-state index contributed by atoms with van der Waals surface area (Å²) in [6, 6.07) is 0.463. The van der Waals surface area contributed by atoms with Crippen LogP contribution >= 0.6 is 12.2 Å². The maximum atomic E-state index is 12.4. The highest BCUT2D eigenvalue weighted by Crippen LogP contribution is 2.31. The van der Waals surface area contributed by atoms with Crippen molar-refractivity contribution in [2.75, 3.05) is 33.4 Å². The van der Waals surface area contributed by atoms with Gasteiger partial charge in [0.25, 0.3) is 0 Å². The Balaban J connectivity index is 2.52. The minimum absolute atomic E-state index is 0.0551. The lowest BCUT2D eigenvalue weighted by Gasteiger charge is -2.35. The number of nitrogens with zero attached hydrogens (tertiary/aromatic N) is 1. The summed E-state index contributed by atoms with van der Waals surface area (Å²) in [6.07, 6.45) is 1.16. The van der Waals surface area contributed by atoms with Gasteiger partial charge < -0.3 is 20.7 Å². The van der Waals surface area contributed by atoms with Gasteiger partial charge in [-0.2, -0.15) is 0 Å². The molecule has 0 aromatic carbocycles. The van der Waals surface area contributed by atoms with Gasteiger partial charge in [0, 0.05) is 32.3 Å². The summed E-state index contributed by atoms with van der Waals surface area (Å²) in [4.78, 5) is 14.8. The Morgan fingerprint density at radius 1 is 1.47 bits per heavy atom. The van der Waals surface area contributed by atoms with Crippen LogP contribution in [0.3, 0.4) is 0 Å². The first-order valence-corrected chi connectivity index (χ1v) is 7.17. The number of nitrogens with one attached hydrogen (secondary N) is 1. The van der Waals surface area contributed by atoms with E-state index in [1.807, 2.05) is 7.05 Å². The highest BCUT2D eigenvalue weighted by Gasteiger charge is 2.42. The third-order valence-electron chi connectivity index (χ3n) is 3.88. The molecule has 110 valence electrons. The zero-order valence-electron chi connectivity index (χ0n) is 12.1. The van der Waals surface area contributed by atoms with Crippen LogP contribution in [-0.2, 0) is 9.53 Å². The summed E-state index contributed by atoms with van der Waals surface area (Å²) in [7, 11) is 2.04. The van der Waals surface area contributed by atoms with Gasteiger partial charge in [0.05, 0.1) is 4.99 Å². The van der Waals surface area contributed by atoms with Crippen LogP contribution in [0.5, 0.6) is 0 Å². The lowest BCUT2D eigenvalue weighted by molar-refractivity contribution is -0.131. The average molecular weight is 287 g/mol. The van der Waals surface area contributed by atoms with Crippen LogP contribution in [0.2, 0.25) is 0 Å². The Labute approximate surface area is 120 Å². The molecule has 0 radical (unpaired) electrons. The Morgan fingerprint density at radius 2 is 2.05 bits per heavy atom. The van der Waals surface area contributed by atoms with E-state index in [4.69, 9.17) is 22.7 Å². The van der Waals surface area contributed by atoms with Crippen molar-refractivity contribution in [3.05, 3.63) is 0 Å². The van der Waals surface area contributed by atoms with Crippen LogP contribution in [0.15, 0.2) is 0 Å². The summed E-state index contributed by atoms with van der Waals surface area (Å²) < 4.78 is 5.30. The number of thiocarbonyl (C=S) groups is 1. The van der Waals surface area contributed by atoms with Crippen LogP contribution in [-0.4, -0.2) is 55.2 Å². The lowest BCUT2D eigenvalue weighted by Crippen LogP contribution is -2.52. The summed E-state index contributed by atoms with van der Waals surface area (Å²) in [5.41, 5.74) is 5.07. The molecule has 0 unspecified atom stereocenters. The van der Waals surface area contributed by atoms with Crippen LogP contribution in [0.1, 0.15) is 26.7 Å². The van der Waals surface area contributed by atoms with Gasteiger partial charge in [-0.15, -0.1) is 0 Å². The number of rotatable bonds is 6. The second-order valence-corrected chi connectivity index (χ2v) is 5.83. The number of ether oxygens (including phenoxy) is 1. The maximum absolute atomic E-state index is 12.4. The Morgan fingerprint density at radius 3 is 2.53 bits per heavy atom. The molecule has 0 bridgehead atoms. The fourth-order valence-electron chi connectivity index (χ4n) is 2.08. The molecule has 1 saturated heterocycles. The van der Waals surface area contributed by atoms with Gasteiger partial charge in [0.2, 0.25) is 5.91 Å². The van der Waals surface area contributed by atoms with Gasteiger partial charge in [-0.1, -0.05) is 12.2 Å². The first-order chi connectivity index (χ1) is 8.90. The van der Waals surface area contributed by atoms with Crippen molar-refractivity contribution in [3.8, 4) is 0 Å². The third-order valence-corrected chi connectivity index (χ3v) is 4.28. The standard InChI is InChI=1S/C13H25N3O2S/c1-10(2)16(3)7-6-15-12(17)13(11(14)19)4-8-18-9-5-13/h10H,4-9H2,1-3H3,(H2,14,19)(H,15,17). The first kappa shape index (κ1) is 16.3. The normalized spacial score (nSPS) is 18.6. The van der Waals surface area contributed by atoms with Crippen molar-refractivity contribution in [1.29, 1.82) is 0 Å². The summed E-state index contributed by atoms with van der Waals surface area (Å²) in [6.45, 7) is 6.74. The molecule has 19 heavy (non-hydrogen) atoms. The fourth-order valence-corrected chi connectivity index (χ4v) is 2.38. The van der Waals surface area contributed by atoms with Crippen LogP contribution in [0.4, 0.5) is 0 Å². The van der Waals surface area contributed by atoms with Crippen LogP contribution in [0, 0.1) is 5.41 Å². The Bertz CT molecular complexity index is 328. The number of carbonyl (C=O) groups excluding carboxylic acids is 1. The molecule has 1 heterocycles. The fraction of sp³-hybridized carbons (Fsp3) is 0.846. The van der Waals surface area contributed by atoms with Crippen molar-refractivity contribution in [1.82, 2.24) is 10.2 Å². The van der Waals surface area contributed by atoms with Gasteiger partial charge in [-0.05, 0) is 33.7 Å². The Hall–Kier alpha value is -0.720. The number of nitrogens with two attached hydrogens (primary N) is 1. The van der Waals surface area contributed by atoms with E-state index >= 15 is 0 Å². The zero-order chi connectivity index (χ0) is 14.5. The first-order valence-electron chi connectivity index (χ1n) is 6.76. The topological polar surface area (TPSA) is 67.6 Å². The molecule has 0 atom stereocenters. The molecule has 3 N–H and O–H groups in total. The Kier molecular flexibility index (Phi) is 6.16. The molecule has 6 heteroatoms. The number of amides is 1. The van der Waals surface area contributed by atoms with Gasteiger partial charge in [-0.3, -0.25) is 4.79 Å². The van der Waals surface area contributed by atoms with Crippen LogP contribution < -0.4 is 11.1 Å². The molecule has 1 amide bonds. The largest absolute Gasteiger partial charge is 0.392 e. The molecule has 1 fully saturated rings. The van der Waals surface area contributed by atoms with Crippen LogP contribution in [0.25, 0.3) is 0 Å². The van der Waals surface area contributed by atoms with E-state index in [1.54, 1.807) is 0 Å². The zero-order valence-corrected chi connectivity index (χ0v) is 12.9. The van der Waals surface area contributed by atoms with E-state index in [9.17, 15) is 4.79 Å². The second kappa shape index (κ2) is 7.17. The molecule has 5 nitrogen and oxygen atoms in total. The third kappa shape index (κ3) is 4.12. The number of likely N-dealkylation sites (N-methyl/N-ethyl adjacent to an activating group) is 1. The average Bonchev–Trinajstić information content (AvgIpc) is 2.38. The smallest absolute Gasteiger partial charge is 0.233 e. The molecule has 0 aromatic rings. The van der Waals surface area contributed by atoms with Crippen molar-refractivity contribution < 1.29 is 9.53 Å². The maximum Gasteiger partial charge on any atom is 0.233 e. The van der Waals surface area contributed by atoms with E-state index in [0.717, 1.165) is 6.54 Å². The van der Waals surface area contributed by atoms with E-state index in [-0.39, 0.29) is 10.9 Å². The molecule has 1 aliphatic rings. The minimum atomic E-state index is -0.718. The highest BCUT2D eigenvalue weighted by molar-refractivity contribution is 7.80. The molecule has 1 aliphatic heterocycles. The summed E-state index contributed by atoms with van der Waals surface area (Å²) in [5.74, 6) is -0.0551. The van der Waals surface area contributed by atoms with E-state index in [1.165, 1.54) is 0 Å². The second-order valence-electron chi connectivity index (χ2n) is 5.39. The van der Waals surface area contributed by atoms with Gasteiger partial charge in [-0.25, -0.2) is 0 Å². The predicted octanol–water partition coefficient (Wildman–Crippen LogP) is 0.526. The molecule has 1 rings (SSSR count). The SMILES string of the molecule is CC(C)N(C)CCNC(=O)C1(C(N)=S)CCOCC1. The molecular formula is C13H25N3O2S. The van der Waals surface area contributed by atoms with Gasteiger partial charge in [0.1, 0.15) is 5.41 Å². The lowest BCUT2D eigenvalue weighted by atomic mass is 9.79. The molecular weight excluding hydrogens is 262 g/mol. The summed E-state index contributed by atoms with van der Waals surface area (Å²) in [5, 5.41) is 2.96. The van der Waals surface area contributed by atoms with Crippen molar-refractivity contribution in [2.24, 2.45) is 11.1 Å². The van der Waals surface area contributed by atoms with Gasteiger partial charge >= 0.3 is 0 Å². The number of carbonyl (C=O) groups is 1. The summed E-state index contributed by atoms with van der Waals surface area (Å²) >= 11 is 5.10. The molecule has 0 spiro atoms. The van der Waals surface area contributed by atoms with Crippen molar-refractivity contribution in [3.63, 3.8) is 0 Å².